The Bertz CT molecular complexity index is 681. The second kappa shape index (κ2) is 9.75. The Morgan fingerprint density at radius 3 is 2.31 bits per heavy atom. The molecule has 0 unspecified atom stereocenters. The minimum Gasteiger partial charge on any atom is -0.355 e. The zero-order valence-electron chi connectivity index (χ0n) is 17.5. The van der Waals surface area contributed by atoms with Crippen LogP contribution in [0, 0.1) is 11.8 Å². The van der Waals surface area contributed by atoms with Crippen LogP contribution in [0.4, 0.5) is 0 Å². The number of amides is 2. The first-order valence-electron chi connectivity index (χ1n) is 11.5. The van der Waals surface area contributed by atoms with Crippen LogP contribution in [0.5, 0.6) is 0 Å². The molecule has 2 saturated heterocycles. The summed E-state index contributed by atoms with van der Waals surface area (Å²) in [4.78, 5) is 29.8. The van der Waals surface area contributed by atoms with Gasteiger partial charge in [0, 0.05) is 38.1 Å². The van der Waals surface area contributed by atoms with E-state index in [1.54, 1.807) is 0 Å². The van der Waals surface area contributed by atoms with Gasteiger partial charge in [-0.1, -0.05) is 36.8 Å². The fourth-order valence-electron chi connectivity index (χ4n) is 5.04. The molecule has 0 spiro atoms. The lowest BCUT2D eigenvalue weighted by atomic mass is 9.84. The normalized spacial score (nSPS) is 24.1. The van der Waals surface area contributed by atoms with E-state index in [1.807, 2.05) is 18.2 Å². The lowest BCUT2D eigenvalue weighted by Crippen LogP contribution is -2.52. The van der Waals surface area contributed by atoms with Gasteiger partial charge in [0.15, 0.2) is 0 Å². The summed E-state index contributed by atoms with van der Waals surface area (Å²) < 4.78 is 0. The van der Waals surface area contributed by atoms with Crippen LogP contribution in [0.15, 0.2) is 30.3 Å². The first kappa shape index (κ1) is 20.4. The molecule has 2 amide bonds. The van der Waals surface area contributed by atoms with Crippen LogP contribution >= 0.6 is 0 Å². The van der Waals surface area contributed by atoms with Crippen molar-refractivity contribution in [1.82, 2.24) is 15.1 Å². The molecule has 5 nitrogen and oxygen atoms in total. The molecule has 1 N–H and O–H groups in total. The number of carbonyl (C=O) groups excluding carboxylic acids is 2. The lowest BCUT2D eigenvalue weighted by Gasteiger charge is -2.43. The van der Waals surface area contributed by atoms with Crippen molar-refractivity contribution in [2.24, 2.45) is 11.8 Å². The molecule has 1 aromatic rings. The van der Waals surface area contributed by atoms with Crippen LogP contribution < -0.4 is 5.32 Å². The van der Waals surface area contributed by atoms with Crippen molar-refractivity contribution >= 4 is 11.8 Å². The Hall–Kier alpha value is -1.88. The Morgan fingerprint density at radius 1 is 0.897 bits per heavy atom. The summed E-state index contributed by atoms with van der Waals surface area (Å²) in [6.45, 7) is 4.46. The molecule has 1 aromatic carbocycles. The van der Waals surface area contributed by atoms with Gasteiger partial charge in [-0.05, 0) is 57.1 Å². The van der Waals surface area contributed by atoms with Gasteiger partial charge in [0.25, 0.3) is 0 Å². The minimum absolute atomic E-state index is 0.106. The maximum absolute atomic E-state index is 12.7. The number of rotatable bonds is 6. The predicted molar refractivity (Wildman–Crippen MR) is 114 cm³/mol. The summed E-state index contributed by atoms with van der Waals surface area (Å²) in [6, 6.07) is 10.8. The monoisotopic (exact) mass is 397 g/mol. The summed E-state index contributed by atoms with van der Waals surface area (Å²) in [5.41, 5.74) is 1.27. The highest BCUT2D eigenvalue weighted by Gasteiger charge is 2.35. The molecule has 29 heavy (non-hydrogen) atoms. The molecule has 2 aliphatic heterocycles. The predicted octanol–water partition coefficient (Wildman–Crippen LogP) is 2.85. The van der Waals surface area contributed by atoms with Gasteiger partial charge in [-0.25, -0.2) is 0 Å². The summed E-state index contributed by atoms with van der Waals surface area (Å²) >= 11 is 0. The molecule has 0 bridgehead atoms. The van der Waals surface area contributed by atoms with Gasteiger partial charge in [0.1, 0.15) is 0 Å². The topological polar surface area (TPSA) is 52.7 Å². The van der Waals surface area contributed by atoms with Crippen LogP contribution in [0.3, 0.4) is 0 Å². The van der Waals surface area contributed by atoms with Gasteiger partial charge < -0.3 is 10.2 Å². The van der Waals surface area contributed by atoms with Crippen LogP contribution in [-0.2, 0) is 16.0 Å². The average molecular weight is 398 g/mol. The van der Waals surface area contributed by atoms with E-state index >= 15 is 0 Å². The largest absolute Gasteiger partial charge is 0.355 e. The number of nitrogens with one attached hydrogen (secondary N) is 1. The second-order valence-electron chi connectivity index (χ2n) is 9.05. The van der Waals surface area contributed by atoms with Crippen molar-refractivity contribution < 1.29 is 9.59 Å². The van der Waals surface area contributed by atoms with E-state index in [4.69, 9.17) is 0 Å². The van der Waals surface area contributed by atoms with Crippen LogP contribution in [0.1, 0.15) is 50.5 Å². The molecule has 2 heterocycles. The minimum atomic E-state index is 0.106. The van der Waals surface area contributed by atoms with Crippen molar-refractivity contribution in [2.45, 2.75) is 57.4 Å². The van der Waals surface area contributed by atoms with Crippen molar-refractivity contribution in [3.63, 3.8) is 0 Å². The Kier molecular flexibility index (Phi) is 6.86. The molecule has 5 heteroatoms. The van der Waals surface area contributed by atoms with E-state index in [1.165, 1.54) is 12.0 Å². The molecule has 1 atom stereocenters. The first-order valence-corrected chi connectivity index (χ1v) is 11.5. The highest BCUT2D eigenvalue weighted by Crippen LogP contribution is 2.30. The van der Waals surface area contributed by atoms with Crippen LogP contribution in [0.2, 0.25) is 0 Å². The van der Waals surface area contributed by atoms with E-state index in [9.17, 15) is 9.59 Å². The van der Waals surface area contributed by atoms with Crippen molar-refractivity contribution in [3.05, 3.63) is 35.9 Å². The third-order valence-electron chi connectivity index (χ3n) is 7.13. The fourth-order valence-corrected chi connectivity index (χ4v) is 5.04. The molecule has 0 radical (unpaired) electrons. The zero-order chi connectivity index (χ0) is 20.1. The van der Waals surface area contributed by atoms with E-state index in [0.29, 0.717) is 24.4 Å². The number of hydrogen-bond acceptors (Lipinski definition) is 3. The number of nitrogens with zero attached hydrogens (tertiary/aromatic N) is 2. The van der Waals surface area contributed by atoms with Gasteiger partial charge in [-0.2, -0.15) is 0 Å². The molecular formula is C24H35N3O2. The molecule has 1 aliphatic carbocycles. The molecule has 4 rings (SSSR count). The summed E-state index contributed by atoms with van der Waals surface area (Å²) in [5, 5.41) is 3.15. The molecule has 3 fully saturated rings. The summed E-state index contributed by atoms with van der Waals surface area (Å²) in [5.74, 6) is 1.02. The van der Waals surface area contributed by atoms with E-state index in [-0.39, 0.29) is 11.8 Å². The maximum Gasteiger partial charge on any atom is 0.225 e. The van der Waals surface area contributed by atoms with Crippen molar-refractivity contribution in [3.8, 4) is 0 Å². The van der Waals surface area contributed by atoms with Gasteiger partial charge in [-0.15, -0.1) is 0 Å². The molecule has 158 valence electrons. The zero-order valence-corrected chi connectivity index (χ0v) is 17.5. The quantitative estimate of drug-likeness (QED) is 0.803. The van der Waals surface area contributed by atoms with Crippen LogP contribution in [-0.4, -0.2) is 60.4 Å². The van der Waals surface area contributed by atoms with Gasteiger partial charge in [-0.3, -0.25) is 14.5 Å². The van der Waals surface area contributed by atoms with Gasteiger partial charge in [0.05, 0.1) is 5.92 Å². The third-order valence-corrected chi connectivity index (χ3v) is 7.13. The van der Waals surface area contributed by atoms with Crippen molar-refractivity contribution in [2.75, 3.05) is 32.7 Å². The Balaban J connectivity index is 1.20. The smallest absolute Gasteiger partial charge is 0.225 e. The molecule has 1 saturated carbocycles. The standard InChI is InChI=1S/C24H35N3O2/c28-23(25-14-11-19-6-2-1-3-7-19)21-10-5-15-27(18-21)22-12-16-26(17-13-22)24(29)20-8-4-9-20/h1-3,6-7,20-22H,4-5,8-18H2,(H,25,28)/t21-/m0/s1. The number of likely N-dealkylation sites (tertiary alicyclic amines) is 2. The summed E-state index contributed by atoms with van der Waals surface area (Å²) in [6.07, 6.45) is 8.48. The Labute approximate surface area is 174 Å². The number of piperidine rings is 2. The fraction of sp³-hybridized carbons (Fsp3) is 0.667. The maximum atomic E-state index is 12.7. The van der Waals surface area contributed by atoms with E-state index in [2.05, 4.69) is 27.2 Å². The Morgan fingerprint density at radius 2 is 1.62 bits per heavy atom. The number of benzene rings is 1. The van der Waals surface area contributed by atoms with E-state index in [0.717, 1.165) is 71.1 Å². The summed E-state index contributed by atoms with van der Waals surface area (Å²) in [7, 11) is 0. The van der Waals surface area contributed by atoms with E-state index < -0.39 is 0 Å². The number of hydrogen-bond donors (Lipinski definition) is 1. The average Bonchev–Trinajstić information content (AvgIpc) is 2.73. The number of carbonyl (C=O) groups is 2. The third kappa shape index (κ3) is 5.19. The SMILES string of the molecule is O=C(NCCc1ccccc1)[C@H]1CCCN(C2CCN(C(=O)C3CCC3)CC2)C1. The molecule has 0 aromatic heterocycles. The first-order chi connectivity index (χ1) is 14.2. The van der Waals surface area contributed by atoms with Crippen molar-refractivity contribution in [1.29, 1.82) is 0 Å². The molecule has 3 aliphatic rings. The highest BCUT2D eigenvalue weighted by atomic mass is 16.2. The highest BCUT2D eigenvalue weighted by molar-refractivity contribution is 5.80. The van der Waals surface area contributed by atoms with Gasteiger partial charge >= 0.3 is 0 Å². The van der Waals surface area contributed by atoms with Crippen LogP contribution in [0.25, 0.3) is 0 Å². The molecular weight excluding hydrogens is 362 g/mol. The lowest BCUT2D eigenvalue weighted by molar-refractivity contribution is -0.139. The second-order valence-corrected chi connectivity index (χ2v) is 9.05. The van der Waals surface area contributed by atoms with Gasteiger partial charge in [0.2, 0.25) is 11.8 Å².